The summed E-state index contributed by atoms with van der Waals surface area (Å²) >= 11 is 0. The van der Waals surface area contributed by atoms with Crippen molar-refractivity contribution in [3.63, 3.8) is 0 Å². The molecule has 0 amide bonds. The van der Waals surface area contributed by atoms with Crippen molar-refractivity contribution < 1.29 is 27.6 Å². The summed E-state index contributed by atoms with van der Waals surface area (Å²) in [5, 5.41) is 12.4. The van der Waals surface area contributed by atoms with Gasteiger partial charge in [-0.3, -0.25) is 0 Å². The predicted octanol–water partition coefficient (Wildman–Crippen LogP) is 0.255. The molecule has 0 saturated heterocycles. The molecule has 0 radical (unpaired) electrons. The lowest BCUT2D eigenvalue weighted by Crippen LogP contribution is -2.24. The van der Waals surface area contributed by atoms with Gasteiger partial charge < -0.3 is 14.4 Å². The molecule has 2 aromatic rings. The highest BCUT2D eigenvalue weighted by atomic mass is 32.2. The van der Waals surface area contributed by atoms with Gasteiger partial charge >= 0.3 is 5.97 Å². The van der Waals surface area contributed by atoms with Crippen molar-refractivity contribution in [3.05, 3.63) is 36.0 Å². The standard InChI is InChI=1S/C11H11N3O6S/c1-19-8-4-7(11(15)16)2-3-9(8)21(17,18)13-5-10-12-6-20-14-10/h2-4,6,13H,5H2,1H3,(H,15,16). The Morgan fingerprint density at radius 3 is 2.81 bits per heavy atom. The quantitative estimate of drug-likeness (QED) is 0.776. The molecular weight excluding hydrogens is 302 g/mol. The summed E-state index contributed by atoms with van der Waals surface area (Å²) in [5.74, 6) is -1.09. The van der Waals surface area contributed by atoms with Crippen LogP contribution in [0.5, 0.6) is 5.75 Å². The van der Waals surface area contributed by atoms with Crippen LogP contribution in [0.4, 0.5) is 0 Å². The van der Waals surface area contributed by atoms with Gasteiger partial charge in [0.2, 0.25) is 16.4 Å². The minimum atomic E-state index is -3.91. The molecule has 0 aliphatic heterocycles. The van der Waals surface area contributed by atoms with Crippen molar-refractivity contribution in [3.8, 4) is 5.75 Å². The summed E-state index contributed by atoms with van der Waals surface area (Å²) in [6.45, 7) is -0.164. The Kier molecular flexibility index (Phi) is 4.19. The van der Waals surface area contributed by atoms with Crippen molar-refractivity contribution in [2.24, 2.45) is 0 Å². The zero-order chi connectivity index (χ0) is 15.5. The number of hydrogen-bond acceptors (Lipinski definition) is 7. The van der Waals surface area contributed by atoms with Crippen LogP contribution in [0.3, 0.4) is 0 Å². The second-order valence-corrected chi connectivity index (χ2v) is 5.58. The van der Waals surface area contributed by atoms with E-state index >= 15 is 0 Å². The number of nitrogens with one attached hydrogen (secondary N) is 1. The molecule has 0 spiro atoms. The van der Waals surface area contributed by atoms with Crippen LogP contribution in [0.25, 0.3) is 0 Å². The number of rotatable bonds is 6. The van der Waals surface area contributed by atoms with E-state index in [9.17, 15) is 13.2 Å². The first-order chi connectivity index (χ1) is 9.94. The molecule has 0 bridgehead atoms. The van der Waals surface area contributed by atoms with Crippen LogP contribution in [-0.4, -0.2) is 36.7 Å². The van der Waals surface area contributed by atoms with E-state index in [1.807, 2.05) is 0 Å². The zero-order valence-corrected chi connectivity index (χ0v) is 11.6. The molecule has 0 atom stereocenters. The van der Waals surface area contributed by atoms with Gasteiger partial charge in [-0.05, 0) is 18.2 Å². The molecule has 2 N–H and O–H groups in total. The highest BCUT2D eigenvalue weighted by Crippen LogP contribution is 2.25. The molecule has 1 aromatic carbocycles. The van der Waals surface area contributed by atoms with E-state index in [2.05, 4.69) is 19.4 Å². The van der Waals surface area contributed by atoms with Gasteiger partial charge in [0.15, 0.2) is 5.82 Å². The largest absolute Gasteiger partial charge is 0.495 e. The summed E-state index contributed by atoms with van der Waals surface area (Å²) in [4.78, 5) is 14.4. The minimum Gasteiger partial charge on any atom is -0.495 e. The first-order valence-electron chi connectivity index (χ1n) is 5.60. The van der Waals surface area contributed by atoms with E-state index in [1.54, 1.807) is 0 Å². The molecule has 9 nitrogen and oxygen atoms in total. The van der Waals surface area contributed by atoms with E-state index in [0.717, 1.165) is 18.5 Å². The third-order valence-corrected chi connectivity index (χ3v) is 3.97. The zero-order valence-electron chi connectivity index (χ0n) is 10.8. The molecule has 0 unspecified atom stereocenters. The molecule has 112 valence electrons. The van der Waals surface area contributed by atoms with E-state index < -0.39 is 16.0 Å². The van der Waals surface area contributed by atoms with Crippen molar-refractivity contribution in [2.45, 2.75) is 11.4 Å². The van der Waals surface area contributed by atoms with E-state index in [1.165, 1.54) is 13.2 Å². The Labute approximate surface area is 119 Å². The van der Waals surface area contributed by atoms with Gasteiger partial charge in [-0.15, -0.1) is 0 Å². The van der Waals surface area contributed by atoms with Crippen LogP contribution in [0, 0.1) is 0 Å². The van der Waals surface area contributed by atoms with Crippen LogP contribution >= 0.6 is 0 Å². The monoisotopic (exact) mass is 313 g/mol. The number of ether oxygens (including phenoxy) is 1. The number of carboxylic acids is 1. The van der Waals surface area contributed by atoms with Crippen molar-refractivity contribution in [2.75, 3.05) is 7.11 Å². The smallest absolute Gasteiger partial charge is 0.335 e. The summed E-state index contributed by atoms with van der Waals surface area (Å²) < 4.78 is 36.0. The van der Waals surface area contributed by atoms with Gasteiger partial charge in [-0.2, -0.15) is 4.98 Å². The molecule has 0 fully saturated rings. The molecule has 21 heavy (non-hydrogen) atoms. The summed E-state index contributed by atoms with van der Waals surface area (Å²) in [6.07, 6.45) is 1.08. The average Bonchev–Trinajstić information content (AvgIpc) is 2.97. The maximum absolute atomic E-state index is 12.2. The Morgan fingerprint density at radius 2 is 2.24 bits per heavy atom. The fraction of sp³-hybridized carbons (Fsp3) is 0.182. The van der Waals surface area contributed by atoms with Crippen LogP contribution in [-0.2, 0) is 16.6 Å². The van der Waals surface area contributed by atoms with Gasteiger partial charge in [0.05, 0.1) is 19.2 Å². The summed E-state index contributed by atoms with van der Waals surface area (Å²) in [7, 11) is -2.66. The second-order valence-electron chi connectivity index (χ2n) is 3.84. The van der Waals surface area contributed by atoms with Gasteiger partial charge in [0, 0.05) is 0 Å². The molecule has 0 saturated carbocycles. The fourth-order valence-electron chi connectivity index (χ4n) is 1.53. The normalized spacial score (nSPS) is 11.3. The SMILES string of the molecule is COc1cc(C(=O)O)ccc1S(=O)(=O)NCc1ncon1. The van der Waals surface area contributed by atoms with Gasteiger partial charge in [-0.1, -0.05) is 5.16 Å². The van der Waals surface area contributed by atoms with Gasteiger partial charge in [-0.25, -0.2) is 17.9 Å². The number of hydrogen-bond donors (Lipinski definition) is 2. The number of sulfonamides is 1. The number of nitrogens with zero attached hydrogens (tertiary/aromatic N) is 2. The number of benzene rings is 1. The van der Waals surface area contributed by atoms with Crippen molar-refractivity contribution in [1.82, 2.24) is 14.9 Å². The fourth-order valence-corrected chi connectivity index (χ4v) is 2.66. The van der Waals surface area contributed by atoms with Crippen LogP contribution in [0.15, 0.2) is 34.0 Å². The molecule has 10 heteroatoms. The Morgan fingerprint density at radius 1 is 1.48 bits per heavy atom. The van der Waals surface area contributed by atoms with Crippen molar-refractivity contribution >= 4 is 16.0 Å². The topological polar surface area (TPSA) is 132 Å². The van der Waals surface area contributed by atoms with Gasteiger partial charge in [0.25, 0.3) is 0 Å². The van der Waals surface area contributed by atoms with E-state index in [-0.39, 0.29) is 28.6 Å². The number of aromatic carboxylic acids is 1. The lowest BCUT2D eigenvalue weighted by atomic mass is 10.2. The van der Waals surface area contributed by atoms with Crippen LogP contribution in [0.2, 0.25) is 0 Å². The van der Waals surface area contributed by atoms with Gasteiger partial charge in [0.1, 0.15) is 10.6 Å². The maximum atomic E-state index is 12.2. The van der Waals surface area contributed by atoms with Crippen LogP contribution < -0.4 is 9.46 Å². The Bertz CT molecular complexity index is 741. The third kappa shape index (κ3) is 3.35. The first-order valence-corrected chi connectivity index (χ1v) is 7.08. The Hall–Kier alpha value is -2.46. The molecular formula is C11H11N3O6S. The second kappa shape index (κ2) is 5.89. The molecule has 0 aliphatic carbocycles. The predicted molar refractivity (Wildman–Crippen MR) is 68.3 cm³/mol. The Balaban J connectivity index is 2.28. The lowest BCUT2D eigenvalue weighted by molar-refractivity contribution is 0.0696. The lowest BCUT2D eigenvalue weighted by Gasteiger charge is -2.10. The number of methoxy groups -OCH3 is 1. The number of carboxylic acid groups (broad SMARTS) is 1. The third-order valence-electron chi connectivity index (χ3n) is 2.53. The maximum Gasteiger partial charge on any atom is 0.335 e. The van der Waals surface area contributed by atoms with E-state index in [4.69, 9.17) is 9.84 Å². The van der Waals surface area contributed by atoms with Crippen molar-refractivity contribution in [1.29, 1.82) is 0 Å². The molecule has 1 aromatic heterocycles. The van der Waals surface area contributed by atoms with Crippen LogP contribution in [0.1, 0.15) is 16.2 Å². The highest BCUT2D eigenvalue weighted by Gasteiger charge is 2.21. The summed E-state index contributed by atoms with van der Waals surface area (Å²) in [6, 6.07) is 3.46. The highest BCUT2D eigenvalue weighted by molar-refractivity contribution is 7.89. The average molecular weight is 313 g/mol. The van der Waals surface area contributed by atoms with E-state index in [0.29, 0.717) is 0 Å². The summed E-state index contributed by atoms with van der Waals surface area (Å²) in [5.41, 5.74) is -0.0797. The first kappa shape index (κ1) is 14.9. The molecule has 2 rings (SSSR count). The molecule has 0 aliphatic rings. The number of aromatic nitrogens is 2. The molecule has 1 heterocycles. The minimum absolute atomic E-state index is 0.0736. The number of carbonyl (C=O) groups is 1.